The van der Waals surface area contributed by atoms with Crippen LogP contribution in [0, 0.1) is 5.82 Å². The van der Waals surface area contributed by atoms with Crippen molar-refractivity contribution in [3.63, 3.8) is 0 Å². The van der Waals surface area contributed by atoms with Crippen molar-refractivity contribution in [2.45, 2.75) is 6.42 Å². The van der Waals surface area contributed by atoms with Crippen LogP contribution in [0.5, 0.6) is 0 Å². The van der Waals surface area contributed by atoms with E-state index >= 15 is 0 Å². The van der Waals surface area contributed by atoms with Crippen LogP contribution in [0.1, 0.15) is 5.89 Å². The smallest absolute Gasteiger partial charge is 0.196 e. The Morgan fingerprint density at radius 1 is 1.40 bits per heavy atom. The molecule has 108 valence electrons. The number of hydrogen-bond donors (Lipinski definition) is 1. The van der Waals surface area contributed by atoms with Gasteiger partial charge in [0.05, 0.1) is 23.4 Å². The zero-order chi connectivity index (χ0) is 14.4. The molecule has 4 nitrogen and oxygen atoms in total. The van der Waals surface area contributed by atoms with E-state index in [1.165, 1.54) is 12.3 Å². The largest absolute Gasteiger partial charge is 0.441 e. The van der Waals surface area contributed by atoms with Gasteiger partial charge in [-0.15, -0.1) is 0 Å². The molecule has 0 aliphatic heterocycles. The molecular formula is C14H16ClFN2O2. The number of oxazole rings is 1. The normalized spacial score (nSPS) is 10.9. The zero-order valence-corrected chi connectivity index (χ0v) is 11.9. The van der Waals surface area contributed by atoms with E-state index in [9.17, 15) is 4.39 Å². The van der Waals surface area contributed by atoms with Crippen molar-refractivity contribution in [2.24, 2.45) is 0 Å². The van der Waals surface area contributed by atoms with Crippen LogP contribution in [-0.2, 0) is 11.2 Å². The van der Waals surface area contributed by atoms with Crippen LogP contribution < -0.4 is 5.32 Å². The maximum absolute atomic E-state index is 13.8. The number of aromatic nitrogens is 1. The molecule has 1 aromatic carbocycles. The second kappa shape index (κ2) is 7.38. The zero-order valence-electron chi connectivity index (χ0n) is 11.2. The molecule has 20 heavy (non-hydrogen) atoms. The molecule has 1 heterocycles. The standard InChI is InChI=1S/C14H16ClFN2O2/c1-19-8-7-17-6-5-13-18-9-12(20-13)10-3-2-4-11(15)14(10)16/h2-4,9,17H,5-8H2,1H3. The van der Waals surface area contributed by atoms with Gasteiger partial charge in [0.15, 0.2) is 17.5 Å². The summed E-state index contributed by atoms with van der Waals surface area (Å²) in [5.74, 6) is 0.455. The number of nitrogens with one attached hydrogen (secondary N) is 1. The Morgan fingerprint density at radius 3 is 3.05 bits per heavy atom. The van der Waals surface area contributed by atoms with E-state index in [2.05, 4.69) is 10.3 Å². The summed E-state index contributed by atoms with van der Waals surface area (Å²) in [6.07, 6.45) is 2.14. The Morgan fingerprint density at radius 2 is 2.25 bits per heavy atom. The lowest BCUT2D eigenvalue weighted by atomic mass is 10.2. The number of benzene rings is 1. The summed E-state index contributed by atoms with van der Waals surface area (Å²) in [6, 6.07) is 4.79. The maximum atomic E-state index is 13.8. The van der Waals surface area contributed by atoms with Crippen LogP contribution in [0.4, 0.5) is 4.39 Å². The summed E-state index contributed by atoms with van der Waals surface area (Å²) < 4.78 is 24.3. The molecule has 0 saturated heterocycles. The van der Waals surface area contributed by atoms with Crippen LogP contribution in [0.2, 0.25) is 5.02 Å². The Kier molecular flexibility index (Phi) is 5.52. The number of ether oxygens (including phenoxy) is 1. The lowest BCUT2D eigenvalue weighted by molar-refractivity contribution is 0.199. The number of hydrogen-bond acceptors (Lipinski definition) is 4. The Hall–Kier alpha value is -1.43. The minimum absolute atomic E-state index is 0.0710. The Labute approximate surface area is 121 Å². The molecule has 0 atom stereocenters. The fourth-order valence-corrected chi connectivity index (χ4v) is 1.91. The summed E-state index contributed by atoms with van der Waals surface area (Å²) in [7, 11) is 1.65. The fourth-order valence-electron chi connectivity index (χ4n) is 1.74. The number of rotatable bonds is 7. The van der Waals surface area contributed by atoms with E-state index in [4.69, 9.17) is 20.8 Å². The third-order valence-corrected chi connectivity index (χ3v) is 3.06. The van der Waals surface area contributed by atoms with E-state index in [1.54, 1.807) is 19.2 Å². The van der Waals surface area contributed by atoms with E-state index in [0.29, 0.717) is 30.2 Å². The molecule has 0 fully saturated rings. The van der Waals surface area contributed by atoms with Crippen LogP contribution in [0.15, 0.2) is 28.8 Å². The average Bonchev–Trinajstić information content (AvgIpc) is 2.90. The van der Waals surface area contributed by atoms with Gasteiger partial charge in [0, 0.05) is 26.6 Å². The van der Waals surface area contributed by atoms with Crippen molar-refractivity contribution < 1.29 is 13.5 Å². The van der Waals surface area contributed by atoms with E-state index in [1.807, 2.05) is 0 Å². The average molecular weight is 299 g/mol. The Bertz CT molecular complexity index is 560. The van der Waals surface area contributed by atoms with Crippen LogP contribution in [0.3, 0.4) is 0 Å². The van der Waals surface area contributed by atoms with Gasteiger partial charge in [0.1, 0.15) is 0 Å². The molecule has 0 aliphatic rings. The SMILES string of the molecule is COCCNCCc1ncc(-c2cccc(Cl)c2F)o1. The molecular weight excluding hydrogens is 283 g/mol. The van der Waals surface area contributed by atoms with Crippen molar-refractivity contribution in [1.82, 2.24) is 10.3 Å². The van der Waals surface area contributed by atoms with Gasteiger partial charge >= 0.3 is 0 Å². The highest BCUT2D eigenvalue weighted by Gasteiger charge is 2.13. The van der Waals surface area contributed by atoms with Gasteiger partial charge in [-0.3, -0.25) is 0 Å². The van der Waals surface area contributed by atoms with Crippen molar-refractivity contribution in [1.29, 1.82) is 0 Å². The van der Waals surface area contributed by atoms with Gasteiger partial charge in [0.25, 0.3) is 0 Å². The van der Waals surface area contributed by atoms with Gasteiger partial charge in [-0.25, -0.2) is 9.37 Å². The van der Waals surface area contributed by atoms with Gasteiger partial charge in [-0.2, -0.15) is 0 Å². The van der Waals surface area contributed by atoms with Gasteiger partial charge in [-0.05, 0) is 12.1 Å². The molecule has 6 heteroatoms. The first-order valence-corrected chi connectivity index (χ1v) is 6.69. The van der Waals surface area contributed by atoms with E-state index < -0.39 is 5.82 Å². The van der Waals surface area contributed by atoms with Crippen molar-refractivity contribution in [3.05, 3.63) is 41.1 Å². The first-order valence-electron chi connectivity index (χ1n) is 6.31. The first kappa shape index (κ1) is 15.0. The third kappa shape index (κ3) is 3.79. The predicted octanol–water partition coefficient (Wildman–Crippen LogP) is 2.91. The number of halogens is 2. The number of nitrogens with zero attached hydrogens (tertiary/aromatic N) is 1. The van der Waals surface area contributed by atoms with Crippen LogP contribution >= 0.6 is 11.6 Å². The van der Waals surface area contributed by atoms with Gasteiger partial charge < -0.3 is 14.5 Å². The maximum Gasteiger partial charge on any atom is 0.196 e. The van der Waals surface area contributed by atoms with Gasteiger partial charge in [-0.1, -0.05) is 17.7 Å². The van der Waals surface area contributed by atoms with Crippen LogP contribution in [0.25, 0.3) is 11.3 Å². The summed E-state index contributed by atoms with van der Waals surface area (Å²) in [5.41, 5.74) is 0.323. The molecule has 0 radical (unpaired) electrons. The second-order valence-corrected chi connectivity index (χ2v) is 4.62. The molecule has 0 unspecified atom stereocenters. The molecule has 2 aromatic rings. The van der Waals surface area contributed by atoms with Crippen molar-refractivity contribution in [3.8, 4) is 11.3 Å². The molecule has 1 aromatic heterocycles. The second-order valence-electron chi connectivity index (χ2n) is 4.21. The molecule has 0 amide bonds. The molecule has 0 aliphatic carbocycles. The molecule has 0 saturated carbocycles. The highest BCUT2D eigenvalue weighted by molar-refractivity contribution is 6.31. The monoisotopic (exact) mass is 298 g/mol. The van der Waals surface area contributed by atoms with E-state index in [-0.39, 0.29) is 5.02 Å². The molecule has 0 bridgehead atoms. The molecule has 0 spiro atoms. The predicted molar refractivity (Wildman–Crippen MR) is 75.4 cm³/mol. The summed E-state index contributed by atoms with van der Waals surface area (Å²) >= 11 is 5.74. The lowest BCUT2D eigenvalue weighted by Gasteiger charge is -2.02. The van der Waals surface area contributed by atoms with E-state index in [0.717, 1.165) is 13.1 Å². The lowest BCUT2D eigenvalue weighted by Crippen LogP contribution is -2.21. The fraction of sp³-hybridized carbons (Fsp3) is 0.357. The first-order chi connectivity index (χ1) is 9.72. The summed E-state index contributed by atoms with van der Waals surface area (Å²) in [6.45, 7) is 2.15. The van der Waals surface area contributed by atoms with Crippen molar-refractivity contribution >= 4 is 11.6 Å². The minimum atomic E-state index is -0.491. The molecule has 2 rings (SSSR count). The third-order valence-electron chi connectivity index (χ3n) is 2.77. The quantitative estimate of drug-likeness (QED) is 0.799. The summed E-state index contributed by atoms with van der Waals surface area (Å²) in [5, 5.41) is 3.26. The van der Waals surface area contributed by atoms with Gasteiger partial charge in [0.2, 0.25) is 0 Å². The highest BCUT2D eigenvalue weighted by Crippen LogP contribution is 2.27. The minimum Gasteiger partial charge on any atom is -0.441 e. The number of methoxy groups -OCH3 is 1. The Balaban J connectivity index is 1.97. The molecule has 1 N–H and O–H groups in total. The van der Waals surface area contributed by atoms with Crippen LogP contribution in [-0.4, -0.2) is 31.8 Å². The van der Waals surface area contributed by atoms with Crippen molar-refractivity contribution in [2.75, 3.05) is 26.8 Å². The summed E-state index contributed by atoms with van der Waals surface area (Å²) in [4.78, 5) is 4.13. The highest BCUT2D eigenvalue weighted by atomic mass is 35.5. The topological polar surface area (TPSA) is 47.3 Å².